The lowest BCUT2D eigenvalue weighted by atomic mass is 10.1. The van der Waals surface area contributed by atoms with Crippen LogP contribution in [-0.4, -0.2) is 16.1 Å². The molecule has 1 aromatic carbocycles. The number of hydrogen-bond acceptors (Lipinski definition) is 4. The molecule has 0 bridgehead atoms. The van der Waals surface area contributed by atoms with Gasteiger partial charge in [0.2, 0.25) is 0 Å². The molecule has 0 saturated carbocycles. The normalized spacial score (nSPS) is 10.0. The number of hydrogen-bond donors (Lipinski definition) is 2. The highest BCUT2D eigenvalue weighted by atomic mass is 79.9. The summed E-state index contributed by atoms with van der Waals surface area (Å²) < 4.78 is 13.1. The Kier molecular flexibility index (Phi) is 5.28. The highest BCUT2D eigenvalue weighted by Crippen LogP contribution is 2.34. The van der Waals surface area contributed by atoms with Crippen molar-refractivity contribution in [2.24, 2.45) is 0 Å². The van der Waals surface area contributed by atoms with Crippen LogP contribution in [0.2, 0.25) is 5.02 Å². The molecule has 0 saturated heterocycles. The molecular weight excluding hydrogens is 359 g/mol. The van der Waals surface area contributed by atoms with Crippen molar-refractivity contribution in [3.8, 4) is 10.4 Å². The van der Waals surface area contributed by atoms with Crippen molar-refractivity contribution in [3.63, 3.8) is 0 Å². The molecule has 0 aliphatic carbocycles. The summed E-state index contributed by atoms with van der Waals surface area (Å²) in [6.07, 6.45) is -0.238. The van der Waals surface area contributed by atoms with Crippen LogP contribution in [0, 0.1) is 5.82 Å². The van der Waals surface area contributed by atoms with E-state index in [0.29, 0.717) is 16.1 Å². The summed E-state index contributed by atoms with van der Waals surface area (Å²) in [7, 11) is 0. The number of carboxylic acid groups (broad SMARTS) is 1. The molecule has 0 unspecified atom stereocenters. The molecule has 0 aliphatic heterocycles. The molecule has 2 aromatic rings. The van der Waals surface area contributed by atoms with E-state index in [1.807, 2.05) is 0 Å². The third kappa shape index (κ3) is 3.65. The van der Waals surface area contributed by atoms with Gasteiger partial charge in [0.25, 0.3) is 0 Å². The van der Waals surface area contributed by atoms with E-state index >= 15 is 0 Å². The maximum atomic E-state index is 13.1. The third-order valence-corrected chi connectivity index (χ3v) is 3.48. The topological polar surface area (TPSA) is 76.2 Å². The van der Waals surface area contributed by atoms with Gasteiger partial charge in [-0.1, -0.05) is 29.0 Å². The van der Waals surface area contributed by atoms with Crippen molar-refractivity contribution in [1.82, 2.24) is 4.98 Å². The number of thiazole rings is 1. The van der Waals surface area contributed by atoms with Crippen LogP contribution in [0.4, 0.5) is 9.52 Å². The summed E-state index contributed by atoms with van der Waals surface area (Å²) in [5.41, 5.74) is 6.53. The van der Waals surface area contributed by atoms with Crippen molar-refractivity contribution in [2.45, 2.75) is 6.42 Å². The zero-order valence-electron chi connectivity index (χ0n) is 9.39. The Morgan fingerprint density at radius 3 is 2.79 bits per heavy atom. The second-order valence-electron chi connectivity index (χ2n) is 3.53. The summed E-state index contributed by atoms with van der Waals surface area (Å²) in [5, 5.41) is 9.02. The molecule has 1 heterocycles. The number of aliphatic carboxylic acids is 1. The van der Waals surface area contributed by atoms with Gasteiger partial charge in [0.1, 0.15) is 5.82 Å². The number of carboxylic acids is 1. The molecule has 4 nitrogen and oxygen atoms in total. The second-order valence-corrected chi connectivity index (χ2v) is 4.97. The maximum absolute atomic E-state index is 13.1. The Labute approximate surface area is 127 Å². The fourth-order valence-electron chi connectivity index (χ4n) is 1.50. The summed E-state index contributed by atoms with van der Waals surface area (Å²) >= 11 is 6.84. The first-order chi connectivity index (χ1) is 8.47. The van der Waals surface area contributed by atoms with E-state index in [4.69, 9.17) is 22.4 Å². The summed E-state index contributed by atoms with van der Waals surface area (Å²) in [4.78, 5) is 15.3. The molecule has 1 aromatic heterocycles. The zero-order chi connectivity index (χ0) is 13.3. The van der Waals surface area contributed by atoms with Gasteiger partial charge in [-0.15, -0.1) is 17.0 Å². The summed E-state index contributed by atoms with van der Waals surface area (Å²) in [5.74, 6) is -1.53. The van der Waals surface area contributed by atoms with Crippen LogP contribution in [0.25, 0.3) is 10.4 Å². The van der Waals surface area contributed by atoms with Crippen molar-refractivity contribution in [1.29, 1.82) is 0 Å². The average molecular weight is 368 g/mol. The number of halogens is 3. The fraction of sp³-hybridized carbons (Fsp3) is 0.0909. The number of nitrogen functional groups attached to an aromatic ring is 1. The Morgan fingerprint density at radius 2 is 2.21 bits per heavy atom. The highest BCUT2D eigenvalue weighted by Gasteiger charge is 2.15. The molecule has 0 spiro atoms. The molecule has 0 radical (unpaired) electrons. The zero-order valence-corrected chi connectivity index (χ0v) is 12.7. The van der Waals surface area contributed by atoms with Crippen LogP contribution in [0.15, 0.2) is 18.2 Å². The molecule has 3 N–H and O–H groups in total. The number of nitrogens with zero attached hydrogens (tertiary/aromatic N) is 1. The quantitative estimate of drug-likeness (QED) is 0.872. The average Bonchev–Trinajstić information content (AvgIpc) is 2.62. The molecule has 8 heteroatoms. The van der Waals surface area contributed by atoms with Gasteiger partial charge >= 0.3 is 5.97 Å². The molecule has 0 aliphatic rings. The van der Waals surface area contributed by atoms with Gasteiger partial charge in [-0.05, 0) is 17.7 Å². The predicted octanol–water partition coefficient (Wildman–Crippen LogP) is 3.39. The number of rotatable bonds is 3. The van der Waals surface area contributed by atoms with Crippen LogP contribution in [0.1, 0.15) is 5.69 Å². The Balaban J connectivity index is 0.00000180. The lowest BCUT2D eigenvalue weighted by molar-refractivity contribution is -0.136. The van der Waals surface area contributed by atoms with Gasteiger partial charge < -0.3 is 10.8 Å². The molecule has 19 heavy (non-hydrogen) atoms. The van der Waals surface area contributed by atoms with E-state index < -0.39 is 11.8 Å². The van der Waals surface area contributed by atoms with Crippen LogP contribution in [0.3, 0.4) is 0 Å². The van der Waals surface area contributed by atoms with Gasteiger partial charge in [-0.25, -0.2) is 9.37 Å². The minimum atomic E-state index is -1.00. The Hall–Kier alpha value is -1.18. The number of aromatic nitrogens is 1. The summed E-state index contributed by atoms with van der Waals surface area (Å²) in [6.45, 7) is 0. The van der Waals surface area contributed by atoms with Crippen LogP contribution < -0.4 is 5.73 Å². The van der Waals surface area contributed by atoms with Gasteiger partial charge in [0.05, 0.1) is 22.0 Å². The van der Waals surface area contributed by atoms with Crippen LogP contribution in [0.5, 0.6) is 0 Å². The van der Waals surface area contributed by atoms with Crippen molar-refractivity contribution >= 4 is 51.0 Å². The Morgan fingerprint density at radius 1 is 1.53 bits per heavy atom. The van der Waals surface area contributed by atoms with E-state index in [-0.39, 0.29) is 33.6 Å². The predicted molar refractivity (Wildman–Crippen MR) is 78.6 cm³/mol. The minimum absolute atomic E-state index is 0. The van der Waals surface area contributed by atoms with Crippen molar-refractivity contribution in [3.05, 3.63) is 34.7 Å². The molecule has 2 rings (SSSR count). The first-order valence-corrected chi connectivity index (χ1v) is 6.09. The highest BCUT2D eigenvalue weighted by molar-refractivity contribution is 8.93. The molecule has 102 valence electrons. The molecule has 0 atom stereocenters. The fourth-order valence-corrected chi connectivity index (χ4v) is 2.52. The number of anilines is 1. The minimum Gasteiger partial charge on any atom is -0.481 e. The van der Waals surface area contributed by atoms with Gasteiger partial charge in [0.15, 0.2) is 5.13 Å². The number of carbonyl (C=O) groups is 1. The SMILES string of the molecule is Br.Nc1nc(CC(=O)O)c(-c2ccc(F)c(Cl)c2)s1. The first-order valence-electron chi connectivity index (χ1n) is 4.89. The lowest BCUT2D eigenvalue weighted by Crippen LogP contribution is -2.01. The van der Waals surface area contributed by atoms with Crippen molar-refractivity contribution < 1.29 is 14.3 Å². The van der Waals surface area contributed by atoms with E-state index in [9.17, 15) is 9.18 Å². The van der Waals surface area contributed by atoms with E-state index in [2.05, 4.69) is 4.98 Å². The third-order valence-electron chi connectivity index (χ3n) is 2.21. The lowest BCUT2D eigenvalue weighted by Gasteiger charge is -2.01. The monoisotopic (exact) mass is 366 g/mol. The standard InChI is InChI=1S/C11H8ClFN2O2S.BrH/c12-6-3-5(1-2-7(6)13)10-8(4-9(16)17)15-11(14)18-10;/h1-3H,4H2,(H2,14,15)(H,16,17);1H. The largest absolute Gasteiger partial charge is 0.481 e. The number of benzene rings is 1. The smallest absolute Gasteiger partial charge is 0.309 e. The molecule has 0 fully saturated rings. The number of nitrogens with two attached hydrogens (primary N) is 1. The maximum Gasteiger partial charge on any atom is 0.309 e. The van der Waals surface area contributed by atoms with Crippen molar-refractivity contribution in [2.75, 3.05) is 5.73 Å². The van der Waals surface area contributed by atoms with Gasteiger partial charge in [-0.2, -0.15) is 0 Å². The van der Waals surface area contributed by atoms with E-state index in [1.54, 1.807) is 0 Å². The van der Waals surface area contributed by atoms with E-state index in [0.717, 1.165) is 11.3 Å². The van der Waals surface area contributed by atoms with E-state index in [1.165, 1.54) is 18.2 Å². The molecular formula is C11H9BrClFN2O2S. The second kappa shape index (κ2) is 6.31. The first kappa shape index (κ1) is 15.9. The Bertz CT molecular complexity index is 621. The van der Waals surface area contributed by atoms with Crippen LogP contribution >= 0.6 is 39.9 Å². The van der Waals surface area contributed by atoms with Gasteiger partial charge in [-0.3, -0.25) is 4.79 Å². The molecule has 0 amide bonds. The van der Waals surface area contributed by atoms with Crippen LogP contribution in [-0.2, 0) is 11.2 Å². The summed E-state index contributed by atoms with van der Waals surface area (Å²) in [6, 6.07) is 4.16. The van der Waals surface area contributed by atoms with Gasteiger partial charge in [0, 0.05) is 0 Å².